The molecule has 0 bridgehead atoms. The van der Waals surface area contributed by atoms with Crippen molar-refractivity contribution in [3.05, 3.63) is 35.7 Å². The Bertz CT molecular complexity index is 560. The fourth-order valence-corrected chi connectivity index (χ4v) is 1.84. The largest absolute Gasteiger partial charge is 0.486 e. The summed E-state index contributed by atoms with van der Waals surface area (Å²) in [5.74, 6) is 1.50. The lowest BCUT2D eigenvalue weighted by atomic mass is 10.1. The second-order valence-electron chi connectivity index (χ2n) is 3.58. The highest BCUT2D eigenvalue weighted by Gasteiger charge is 2.12. The van der Waals surface area contributed by atoms with Gasteiger partial charge in [-0.25, -0.2) is 9.97 Å². The van der Waals surface area contributed by atoms with Crippen LogP contribution in [0.25, 0.3) is 11.3 Å². The Balaban J connectivity index is 2.04. The fraction of sp³-hybridized carbons (Fsp3) is 0.167. The molecule has 0 aliphatic carbocycles. The van der Waals surface area contributed by atoms with Crippen LogP contribution in [0.5, 0.6) is 11.5 Å². The van der Waals surface area contributed by atoms with E-state index in [4.69, 9.17) is 21.1 Å². The first-order valence-corrected chi connectivity index (χ1v) is 5.58. The first-order valence-electron chi connectivity index (χ1n) is 5.20. The number of benzene rings is 1. The number of halogens is 1. The molecule has 86 valence electrons. The Labute approximate surface area is 103 Å². The lowest BCUT2D eigenvalue weighted by Crippen LogP contribution is -2.15. The van der Waals surface area contributed by atoms with Gasteiger partial charge in [0.1, 0.15) is 24.7 Å². The minimum absolute atomic E-state index is 0.421. The molecule has 1 aromatic heterocycles. The molecule has 2 heterocycles. The van der Waals surface area contributed by atoms with E-state index in [0.717, 1.165) is 22.8 Å². The average Bonchev–Trinajstić information content (AvgIpc) is 2.38. The van der Waals surface area contributed by atoms with E-state index in [9.17, 15) is 0 Å². The zero-order valence-electron chi connectivity index (χ0n) is 8.89. The van der Waals surface area contributed by atoms with Crippen LogP contribution in [0.2, 0.25) is 5.15 Å². The van der Waals surface area contributed by atoms with Gasteiger partial charge in [0.15, 0.2) is 11.5 Å². The van der Waals surface area contributed by atoms with Gasteiger partial charge in [-0.05, 0) is 18.2 Å². The normalized spacial score (nSPS) is 13.5. The monoisotopic (exact) mass is 248 g/mol. The molecule has 0 radical (unpaired) electrons. The number of fused-ring (bicyclic) bond motifs is 1. The van der Waals surface area contributed by atoms with Crippen molar-refractivity contribution >= 4 is 11.6 Å². The van der Waals surface area contributed by atoms with E-state index in [1.165, 1.54) is 6.33 Å². The van der Waals surface area contributed by atoms with Crippen LogP contribution in [0, 0.1) is 0 Å². The van der Waals surface area contributed by atoms with Gasteiger partial charge in [0, 0.05) is 11.6 Å². The molecule has 0 unspecified atom stereocenters. The van der Waals surface area contributed by atoms with Gasteiger partial charge in [-0.2, -0.15) is 0 Å². The maximum Gasteiger partial charge on any atom is 0.162 e. The molecule has 0 atom stereocenters. The van der Waals surface area contributed by atoms with Crippen molar-refractivity contribution in [2.24, 2.45) is 0 Å². The first kappa shape index (κ1) is 10.4. The Hall–Kier alpha value is -1.81. The van der Waals surface area contributed by atoms with E-state index in [-0.39, 0.29) is 0 Å². The summed E-state index contributed by atoms with van der Waals surface area (Å²) in [7, 11) is 0. The molecule has 4 nitrogen and oxygen atoms in total. The van der Waals surface area contributed by atoms with Gasteiger partial charge in [0.2, 0.25) is 0 Å². The fourth-order valence-electron chi connectivity index (χ4n) is 1.69. The summed E-state index contributed by atoms with van der Waals surface area (Å²) < 4.78 is 11.0. The summed E-state index contributed by atoms with van der Waals surface area (Å²) in [5, 5.41) is 0.421. The molecule has 2 aromatic rings. The van der Waals surface area contributed by atoms with E-state index in [2.05, 4.69) is 9.97 Å². The van der Waals surface area contributed by atoms with Crippen molar-refractivity contribution in [1.82, 2.24) is 9.97 Å². The summed E-state index contributed by atoms with van der Waals surface area (Å²) in [4.78, 5) is 8.02. The Morgan fingerprint density at radius 3 is 2.65 bits per heavy atom. The number of hydrogen-bond donors (Lipinski definition) is 0. The maximum atomic E-state index is 5.83. The summed E-state index contributed by atoms with van der Waals surface area (Å²) in [6.45, 7) is 1.16. The second-order valence-corrected chi connectivity index (χ2v) is 3.97. The van der Waals surface area contributed by atoms with Gasteiger partial charge in [-0.3, -0.25) is 0 Å². The van der Waals surface area contributed by atoms with Gasteiger partial charge in [0.25, 0.3) is 0 Å². The van der Waals surface area contributed by atoms with Crippen LogP contribution in [0.15, 0.2) is 30.6 Å². The van der Waals surface area contributed by atoms with Crippen LogP contribution in [0.4, 0.5) is 0 Å². The Morgan fingerprint density at radius 1 is 1.00 bits per heavy atom. The number of ether oxygens (including phenoxy) is 2. The minimum Gasteiger partial charge on any atom is -0.486 e. The zero-order chi connectivity index (χ0) is 11.7. The SMILES string of the molecule is Clc1cc(-c2ccc3c(c2)OCCO3)ncn1. The van der Waals surface area contributed by atoms with Crippen LogP contribution < -0.4 is 9.47 Å². The number of hydrogen-bond acceptors (Lipinski definition) is 4. The third kappa shape index (κ3) is 2.03. The quantitative estimate of drug-likeness (QED) is 0.728. The summed E-state index contributed by atoms with van der Waals surface area (Å²) in [5.41, 5.74) is 1.69. The molecular weight excluding hydrogens is 240 g/mol. The Kier molecular flexibility index (Phi) is 2.57. The first-order chi connectivity index (χ1) is 8.33. The predicted octanol–water partition coefficient (Wildman–Crippen LogP) is 2.57. The van der Waals surface area contributed by atoms with Gasteiger partial charge in [0.05, 0.1) is 5.69 Å². The predicted molar refractivity (Wildman–Crippen MR) is 63.5 cm³/mol. The van der Waals surface area contributed by atoms with Gasteiger partial charge < -0.3 is 9.47 Å². The molecule has 0 N–H and O–H groups in total. The third-order valence-electron chi connectivity index (χ3n) is 2.47. The highest BCUT2D eigenvalue weighted by Crippen LogP contribution is 2.34. The van der Waals surface area contributed by atoms with E-state index in [1.807, 2.05) is 18.2 Å². The van der Waals surface area contributed by atoms with Crippen molar-refractivity contribution in [1.29, 1.82) is 0 Å². The molecule has 1 aromatic carbocycles. The van der Waals surface area contributed by atoms with Crippen molar-refractivity contribution < 1.29 is 9.47 Å². The van der Waals surface area contributed by atoms with Crippen molar-refractivity contribution in [2.45, 2.75) is 0 Å². The zero-order valence-corrected chi connectivity index (χ0v) is 9.65. The summed E-state index contributed by atoms with van der Waals surface area (Å²) in [6, 6.07) is 7.41. The second kappa shape index (κ2) is 4.22. The molecule has 3 rings (SSSR count). The molecule has 0 spiro atoms. The minimum atomic E-state index is 0.421. The smallest absolute Gasteiger partial charge is 0.162 e. The van der Waals surface area contributed by atoms with Crippen LogP contribution in [-0.4, -0.2) is 23.2 Å². The van der Waals surface area contributed by atoms with E-state index >= 15 is 0 Å². The standard InChI is InChI=1S/C12H9ClN2O2/c13-12-6-9(14-7-15-12)8-1-2-10-11(5-8)17-4-3-16-10/h1-2,5-7H,3-4H2. The topological polar surface area (TPSA) is 44.2 Å². The number of nitrogens with zero attached hydrogens (tertiary/aromatic N) is 2. The lowest BCUT2D eigenvalue weighted by molar-refractivity contribution is 0.171. The molecule has 0 fully saturated rings. The molecule has 1 aliphatic rings. The van der Waals surface area contributed by atoms with Gasteiger partial charge in [-0.15, -0.1) is 0 Å². The molecule has 0 saturated heterocycles. The van der Waals surface area contributed by atoms with Crippen molar-refractivity contribution in [3.63, 3.8) is 0 Å². The van der Waals surface area contributed by atoms with E-state index in [1.54, 1.807) is 6.07 Å². The van der Waals surface area contributed by atoms with Crippen LogP contribution in [0.1, 0.15) is 0 Å². The molecule has 0 saturated carbocycles. The maximum absolute atomic E-state index is 5.83. The molecule has 17 heavy (non-hydrogen) atoms. The summed E-state index contributed by atoms with van der Waals surface area (Å²) >= 11 is 5.83. The summed E-state index contributed by atoms with van der Waals surface area (Å²) in [6.07, 6.45) is 1.44. The highest BCUT2D eigenvalue weighted by atomic mass is 35.5. The van der Waals surface area contributed by atoms with Crippen LogP contribution in [-0.2, 0) is 0 Å². The van der Waals surface area contributed by atoms with Crippen LogP contribution in [0.3, 0.4) is 0 Å². The lowest BCUT2D eigenvalue weighted by Gasteiger charge is -2.18. The van der Waals surface area contributed by atoms with E-state index in [0.29, 0.717) is 18.4 Å². The molecule has 5 heteroatoms. The molecule has 0 amide bonds. The number of aromatic nitrogens is 2. The van der Waals surface area contributed by atoms with Crippen LogP contribution >= 0.6 is 11.6 Å². The van der Waals surface area contributed by atoms with Crippen molar-refractivity contribution in [3.8, 4) is 22.8 Å². The highest BCUT2D eigenvalue weighted by molar-refractivity contribution is 6.29. The van der Waals surface area contributed by atoms with Gasteiger partial charge in [-0.1, -0.05) is 11.6 Å². The molecule has 1 aliphatic heterocycles. The van der Waals surface area contributed by atoms with E-state index < -0.39 is 0 Å². The van der Waals surface area contributed by atoms with Crippen molar-refractivity contribution in [2.75, 3.05) is 13.2 Å². The Morgan fingerprint density at radius 2 is 1.82 bits per heavy atom. The molecular formula is C12H9ClN2O2. The average molecular weight is 249 g/mol. The third-order valence-corrected chi connectivity index (χ3v) is 2.68. The number of rotatable bonds is 1. The van der Waals surface area contributed by atoms with Gasteiger partial charge >= 0.3 is 0 Å².